The van der Waals surface area contributed by atoms with Gasteiger partial charge in [-0.2, -0.15) is 5.10 Å². The Morgan fingerprint density at radius 1 is 1.43 bits per heavy atom. The molecule has 0 spiro atoms. The van der Waals surface area contributed by atoms with Crippen molar-refractivity contribution in [1.82, 2.24) is 10.7 Å². The van der Waals surface area contributed by atoms with Crippen molar-refractivity contribution < 1.29 is 29.0 Å². The van der Waals surface area contributed by atoms with E-state index in [9.17, 15) is 19.2 Å². The van der Waals surface area contributed by atoms with Gasteiger partial charge in [0.2, 0.25) is 5.91 Å². The summed E-state index contributed by atoms with van der Waals surface area (Å²) in [6.07, 6.45) is 0.0581. The Kier molecular flexibility index (Phi) is 6.31. The van der Waals surface area contributed by atoms with E-state index < -0.39 is 23.9 Å². The zero-order valence-electron chi connectivity index (χ0n) is 11.5. The Hall–Kier alpha value is -2.45. The first-order chi connectivity index (χ1) is 9.93. The molecular weight excluding hydrogens is 282 g/mol. The number of carboxylic acids is 1. The SMILES string of the molecule is CCOC(=O)CC[C@H](NC(=O)C1=NNC(=O)CC1)C(=O)O. The van der Waals surface area contributed by atoms with Crippen molar-refractivity contribution in [2.24, 2.45) is 5.10 Å². The molecule has 2 amide bonds. The monoisotopic (exact) mass is 299 g/mol. The molecule has 0 radical (unpaired) electrons. The van der Waals surface area contributed by atoms with E-state index in [4.69, 9.17) is 5.11 Å². The van der Waals surface area contributed by atoms with Crippen molar-refractivity contribution in [3.05, 3.63) is 0 Å². The Balaban J connectivity index is 2.54. The number of nitrogens with one attached hydrogen (secondary N) is 2. The molecule has 21 heavy (non-hydrogen) atoms. The van der Waals surface area contributed by atoms with Crippen LogP contribution in [0.2, 0.25) is 0 Å². The van der Waals surface area contributed by atoms with E-state index in [2.05, 4.69) is 20.6 Å². The molecule has 0 saturated heterocycles. The van der Waals surface area contributed by atoms with Crippen molar-refractivity contribution in [2.45, 2.75) is 38.6 Å². The lowest BCUT2D eigenvalue weighted by Crippen LogP contribution is -2.45. The van der Waals surface area contributed by atoms with Gasteiger partial charge in [-0.15, -0.1) is 0 Å². The number of hydrogen-bond donors (Lipinski definition) is 3. The molecule has 1 aliphatic rings. The number of carboxylic acid groups (broad SMARTS) is 1. The van der Waals surface area contributed by atoms with Gasteiger partial charge in [0.15, 0.2) is 0 Å². The Morgan fingerprint density at radius 3 is 2.67 bits per heavy atom. The van der Waals surface area contributed by atoms with Crippen molar-refractivity contribution in [2.75, 3.05) is 6.61 Å². The number of nitrogens with zero attached hydrogens (tertiary/aromatic N) is 1. The Morgan fingerprint density at radius 2 is 2.14 bits per heavy atom. The van der Waals surface area contributed by atoms with Crippen LogP contribution in [0.15, 0.2) is 5.10 Å². The Labute approximate surface area is 120 Å². The molecule has 0 aromatic rings. The molecule has 0 fully saturated rings. The largest absolute Gasteiger partial charge is 0.480 e. The standard InChI is InChI=1S/C12H17N3O6/c1-2-21-10(17)6-4-8(12(19)20)13-11(18)7-3-5-9(16)15-14-7/h8H,2-6H2,1H3,(H,13,18)(H,15,16)(H,19,20)/t8-/m0/s1. The van der Waals surface area contributed by atoms with E-state index in [1.54, 1.807) is 6.92 Å². The minimum Gasteiger partial charge on any atom is -0.480 e. The van der Waals surface area contributed by atoms with Gasteiger partial charge in [0.25, 0.3) is 5.91 Å². The van der Waals surface area contributed by atoms with Crippen LogP contribution in [0.1, 0.15) is 32.6 Å². The normalized spacial score (nSPS) is 15.5. The molecule has 1 heterocycles. The quantitative estimate of drug-likeness (QED) is 0.525. The van der Waals surface area contributed by atoms with E-state index >= 15 is 0 Å². The second-order valence-corrected chi connectivity index (χ2v) is 4.30. The molecule has 1 atom stereocenters. The van der Waals surface area contributed by atoms with Gasteiger partial charge in [-0.3, -0.25) is 14.4 Å². The van der Waals surface area contributed by atoms with Gasteiger partial charge in [-0.25, -0.2) is 10.2 Å². The third-order valence-corrected chi connectivity index (χ3v) is 2.71. The smallest absolute Gasteiger partial charge is 0.326 e. The molecular formula is C12H17N3O6. The first-order valence-corrected chi connectivity index (χ1v) is 6.48. The van der Waals surface area contributed by atoms with Crippen molar-refractivity contribution in [1.29, 1.82) is 0 Å². The highest BCUT2D eigenvalue weighted by Gasteiger charge is 2.25. The maximum atomic E-state index is 11.8. The van der Waals surface area contributed by atoms with E-state index in [-0.39, 0.29) is 43.9 Å². The first-order valence-electron chi connectivity index (χ1n) is 6.48. The number of amides is 2. The maximum Gasteiger partial charge on any atom is 0.326 e. The van der Waals surface area contributed by atoms with Gasteiger partial charge in [0, 0.05) is 19.3 Å². The predicted molar refractivity (Wildman–Crippen MR) is 70.2 cm³/mol. The van der Waals surface area contributed by atoms with Gasteiger partial charge >= 0.3 is 11.9 Å². The van der Waals surface area contributed by atoms with E-state index in [0.29, 0.717) is 0 Å². The lowest BCUT2D eigenvalue weighted by atomic mass is 10.1. The summed E-state index contributed by atoms with van der Waals surface area (Å²) in [4.78, 5) is 45.0. The van der Waals surface area contributed by atoms with E-state index in [0.717, 1.165) is 0 Å². The fraction of sp³-hybridized carbons (Fsp3) is 0.583. The van der Waals surface area contributed by atoms with Gasteiger partial charge in [-0.05, 0) is 13.3 Å². The highest BCUT2D eigenvalue weighted by molar-refractivity contribution is 6.39. The summed E-state index contributed by atoms with van der Waals surface area (Å²) in [7, 11) is 0. The summed E-state index contributed by atoms with van der Waals surface area (Å²) in [6.45, 7) is 1.85. The second-order valence-electron chi connectivity index (χ2n) is 4.30. The van der Waals surface area contributed by atoms with Crippen LogP contribution in [0.4, 0.5) is 0 Å². The number of hydrazone groups is 1. The van der Waals surface area contributed by atoms with Gasteiger partial charge in [0.05, 0.1) is 6.61 Å². The van der Waals surface area contributed by atoms with Crippen LogP contribution in [0.3, 0.4) is 0 Å². The molecule has 3 N–H and O–H groups in total. The zero-order chi connectivity index (χ0) is 15.8. The van der Waals surface area contributed by atoms with Gasteiger partial charge in [-0.1, -0.05) is 0 Å². The molecule has 0 aliphatic carbocycles. The molecule has 0 aromatic carbocycles. The van der Waals surface area contributed by atoms with Crippen LogP contribution in [-0.2, 0) is 23.9 Å². The summed E-state index contributed by atoms with van der Waals surface area (Å²) in [5, 5.41) is 14.9. The molecule has 9 heteroatoms. The number of aliphatic carboxylic acids is 1. The third-order valence-electron chi connectivity index (χ3n) is 2.71. The minimum atomic E-state index is -1.26. The molecule has 1 rings (SSSR count). The van der Waals surface area contributed by atoms with Crippen LogP contribution in [-0.4, -0.2) is 47.2 Å². The number of hydrogen-bond acceptors (Lipinski definition) is 6. The molecule has 1 aliphatic heterocycles. The highest BCUT2D eigenvalue weighted by atomic mass is 16.5. The van der Waals surface area contributed by atoms with Crippen LogP contribution in [0.25, 0.3) is 0 Å². The molecule has 0 unspecified atom stereocenters. The zero-order valence-corrected chi connectivity index (χ0v) is 11.5. The Bertz CT molecular complexity index is 474. The van der Waals surface area contributed by atoms with Crippen LogP contribution in [0.5, 0.6) is 0 Å². The number of carbonyl (C=O) groups is 4. The number of ether oxygens (including phenoxy) is 1. The molecule has 116 valence electrons. The fourth-order valence-electron chi connectivity index (χ4n) is 1.63. The summed E-state index contributed by atoms with van der Waals surface area (Å²) in [5.74, 6) is -2.76. The average Bonchev–Trinajstić information content (AvgIpc) is 2.43. The minimum absolute atomic E-state index is 0.0528. The first kappa shape index (κ1) is 16.6. The number of carbonyl (C=O) groups excluding carboxylic acids is 3. The van der Waals surface area contributed by atoms with Gasteiger partial charge < -0.3 is 15.2 Å². The molecule has 0 saturated carbocycles. The maximum absolute atomic E-state index is 11.8. The van der Waals surface area contributed by atoms with Crippen LogP contribution >= 0.6 is 0 Å². The average molecular weight is 299 g/mol. The summed E-state index contributed by atoms with van der Waals surface area (Å²) >= 11 is 0. The third kappa shape index (κ3) is 5.59. The summed E-state index contributed by atoms with van der Waals surface area (Å²) < 4.78 is 4.69. The van der Waals surface area contributed by atoms with E-state index in [1.807, 2.05) is 0 Å². The lowest BCUT2D eigenvalue weighted by molar-refractivity contribution is -0.145. The van der Waals surface area contributed by atoms with Gasteiger partial charge in [0.1, 0.15) is 11.8 Å². The number of esters is 1. The molecule has 0 bridgehead atoms. The van der Waals surface area contributed by atoms with Crippen molar-refractivity contribution >= 4 is 29.5 Å². The number of rotatable bonds is 7. The fourth-order valence-corrected chi connectivity index (χ4v) is 1.63. The van der Waals surface area contributed by atoms with Crippen LogP contribution in [0, 0.1) is 0 Å². The summed E-state index contributed by atoms with van der Waals surface area (Å²) in [5.41, 5.74) is 2.20. The lowest BCUT2D eigenvalue weighted by Gasteiger charge is -2.16. The van der Waals surface area contributed by atoms with Crippen molar-refractivity contribution in [3.63, 3.8) is 0 Å². The molecule has 0 aromatic heterocycles. The molecule has 9 nitrogen and oxygen atoms in total. The van der Waals surface area contributed by atoms with E-state index in [1.165, 1.54) is 0 Å². The summed E-state index contributed by atoms with van der Waals surface area (Å²) in [6, 6.07) is -1.22. The van der Waals surface area contributed by atoms with Crippen molar-refractivity contribution in [3.8, 4) is 0 Å². The second kappa shape index (κ2) is 7.98. The predicted octanol–water partition coefficient (Wildman–Crippen LogP) is -0.835. The topological polar surface area (TPSA) is 134 Å². The highest BCUT2D eigenvalue weighted by Crippen LogP contribution is 2.03. The van der Waals surface area contributed by atoms with Crippen LogP contribution < -0.4 is 10.7 Å².